The largest absolute Gasteiger partial charge is 0.124 e. The van der Waals surface area contributed by atoms with E-state index in [0.717, 1.165) is 0 Å². The molecule has 0 aliphatic carbocycles. The third-order valence-electron chi connectivity index (χ3n) is 0. The van der Waals surface area contributed by atoms with Crippen LogP contribution in [-0.2, 0) is 0 Å². The zero-order valence-electron chi connectivity index (χ0n) is 4.21. The molecule has 0 amide bonds. The summed E-state index contributed by atoms with van der Waals surface area (Å²) in [5, 5.41) is 0.306. The SMILES string of the molecule is CC(C)Cl.ClPCl. The highest BCUT2D eigenvalue weighted by Gasteiger charge is 1.71. The van der Waals surface area contributed by atoms with E-state index in [-0.39, 0.29) is 7.29 Å². The first kappa shape index (κ1) is 11.1. The van der Waals surface area contributed by atoms with E-state index >= 15 is 0 Å². The third-order valence-corrected chi connectivity index (χ3v) is 0. The molecule has 0 saturated heterocycles. The molecule has 0 aromatic rings. The number of halogens is 3. The van der Waals surface area contributed by atoms with Crippen LogP contribution in [0.4, 0.5) is 0 Å². The number of rotatable bonds is 0. The minimum atomic E-state index is 0.0278. The van der Waals surface area contributed by atoms with Crippen molar-refractivity contribution in [2.45, 2.75) is 19.2 Å². The fourth-order valence-corrected chi connectivity index (χ4v) is 0. The molecule has 0 atom stereocenters. The lowest BCUT2D eigenvalue weighted by Crippen LogP contribution is -1.70. The van der Waals surface area contributed by atoms with Crippen molar-refractivity contribution in [3.05, 3.63) is 0 Å². The molecule has 0 saturated carbocycles. The second-order valence-corrected chi connectivity index (χ2v) is 3.82. The molecule has 0 spiro atoms. The van der Waals surface area contributed by atoms with E-state index < -0.39 is 0 Å². The predicted molar refractivity (Wildman–Crippen MR) is 41.0 cm³/mol. The maximum absolute atomic E-state index is 5.27. The summed E-state index contributed by atoms with van der Waals surface area (Å²) < 4.78 is 0. The second kappa shape index (κ2) is 10.3. The minimum Gasteiger partial charge on any atom is -0.124 e. The summed E-state index contributed by atoms with van der Waals surface area (Å²) in [4.78, 5) is 0. The summed E-state index contributed by atoms with van der Waals surface area (Å²) in [6, 6.07) is 0. The molecule has 0 aromatic heterocycles. The van der Waals surface area contributed by atoms with Crippen LogP contribution in [0.3, 0.4) is 0 Å². The first-order valence-corrected chi connectivity index (χ1v) is 5.21. The summed E-state index contributed by atoms with van der Waals surface area (Å²) in [6.45, 7) is 3.86. The van der Waals surface area contributed by atoms with Crippen molar-refractivity contribution in [1.29, 1.82) is 0 Å². The normalized spacial score (nSPS) is 7.71. The van der Waals surface area contributed by atoms with Gasteiger partial charge in [-0.3, -0.25) is 0 Å². The van der Waals surface area contributed by atoms with E-state index in [2.05, 4.69) is 0 Å². The smallest absolute Gasteiger partial charge is 0.0713 e. The Hall–Kier alpha value is 1.30. The molecule has 0 aliphatic rings. The molecule has 0 fully saturated rings. The molecule has 7 heavy (non-hydrogen) atoms. The number of hydrogen-bond donors (Lipinski definition) is 0. The second-order valence-electron chi connectivity index (χ2n) is 1.09. The molecule has 0 aliphatic heterocycles. The summed E-state index contributed by atoms with van der Waals surface area (Å²) >= 11 is 14.9. The Morgan fingerprint density at radius 1 is 1.29 bits per heavy atom. The highest BCUT2D eigenvalue weighted by molar-refractivity contribution is 7.90. The molecule has 0 nitrogen and oxygen atoms in total. The van der Waals surface area contributed by atoms with Crippen LogP contribution >= 0.6 is 41.4 Å². The van der Waals surface area contributed by atoms with Gasteiger partial charge in [0.1, 0.15) is 0 Å². The first-order valence-electron chi connectivity index (χ1n) is 1.75. The van der Waals surface area contributed by atoms with Crippen molar-refractivity contribution >= 4 is 41.4 Å². The monoisotopic (exact) mass is 180 g/mol. The van der Waals surface area contributed by atoms with Crippen molar-refractivity contribution in [3.63, 3.8) is 0 Å². The van der Waals surface area contributed by atoms with Crippen LogP contribution in [-0.4, -0.2) is 5.38 Å². The summed E-state index contributed by atoms with van der Waals surface area (Å²) in [5.74, 6) is 0. The van der Waals surface area contributed by atoms with Crippen LogP contribution in [0.5, 0.6) is 0 Å². The van der Waals surface area contributed by atoms with E-state index in [1.807, 2.05) is 13.8 Å². The van der Waals surface area contributed by atoms with E-state index in [4.69, 9.17) is 34.1 Å². The van der Waals surface area contributed by atoms with Gasteiger partial charge < -0.3 is 0 Å². The van der Waals surface area contributed by atoms with Crippen molar-refractivity contribution < 1.29 is 0 Å². The molecule has 4 heteroatoms. The maximum Gasteiger partial charge on any atom is 0.0713 e. The molecule has 0 N–H and O–H groups in total. The van der Waals surface area contributed by atoms with Gasteiger partial charge in [-0.2, -0.15) is 0 Å². The Morgan fingerprint density at radius 3 is 1.29 bits per heavy atom. The Morgan fingerprint density at radius 2 is 1.29 bits per heavy atom. The fourth-order valence-electron chi connectivity index (χ4n) is 0. The van der Waals surface area contributed by atoms with Crippen molar-refractivity contribution in [2.75, 3.05) is 0 Å². The predicted octanol–water partition coefficient (Wildman–Crippen LogP) is 3.61. The molecule has 0 rings (SSSR count). The molecule has 0 aromatic carbocycles. The van der Waals surface area contributed by atoms with Gasteiger partial charge in [-0.1, -0.05) is 22.5 Å². The minimum absolute atomic E-state index is 0.0278. The number of alkyl halides is 1. The Labute approximate surface area is 60.9 Å². The molecule has 0 unspecified atom stereocenters. The summed E-state index contributed by atoms with van der Waals surface area (Å²) in [6.07, 6.45) is 0. The zero-order valence-corrected chi connectivity index (χ0v) is 7.48. The van der Waals surface area contributed by atoms with Gasteiger partial charge in [0.15, 0.2) is 0 Å². The van der Waals surface area contributed by atoms with Gasteiger partial charge in [0.05, 0.1) is 7.29 Å². The van der Waals surface area contributed by atoms with Gasteiger partial charge in [-0.05, 0) is 13.8 Å². The maximum atomic E-state index is 5.27. The topological polar surface area (TPSA) is 0 Å². The highest BCUT2D eigenvalue weighted by Crippen LogP contribution is 2.19. The van der Waals surface area contributed by atoms with Crippen molar-refractivity contribution in [3.8, 4) is 0 Å². The van der Waals surface area contributed by atoms with Gasteiger partial charge >= 0.3 is 0 Å². The molecule has 0 bridgehead atoms. The van der Waals surface area contributed by atoms with E-state index in [0.29, 0.717) is 5.38 Å². The molecule has 46 valence electrons. The molecule has 0 radical (unpaired) electrons. The fraction of sp³-hybridized carbons (Fsp3) is 1.00. The van der Waals surface area contributed by atoms with Crippen molar-refractivity contribution in [2.24, 2.45) is 0 Å². The third kappa shape index (κ3) is 121. The summed E-state index contributed by atoms with van der Waals surface area (Å²) in [5.41, 5.74) is 0. The van der Waals surface area contributed by atoms with E-state index in [9.17, 15) is 0 Å². The summed E-state index contributed by atoms with van der Waals surface area (Å²) in [7, 11) is 0.0278. The molecule has 0 heterocycles. The van der Waals surface area contributed by atoms with Gasteiger partial charge in [0, 0.05) is 5.38 Å². The van der Waals surface area contributed by atoms with Crippen LogP contribution < -0.4 is 0 Å². The van der Waals surface area contributed by atoms with Crippen LogP contribution in [0.2, 0.25) is 0 Å². The van der Waals surface area contributed by atoms with Gasteiger partial charge in [0.2, 0.25) is 0 Å². The Kier molecular flexibility index (Phi) is 16.4. The van der Waals surface area contributed by atoms with Gasteiger partial charge in [0.25, 0.3) is 0 Å². The molecular formula is C3H8Cl3P. The quantitative estimate of drug-likeness (QED) is 0.396. The Bertz CT molecular complexity index is 21.4. The van der Waals surface area contributed by atoms with Crippen LogP contribution in [0, 0.1) is 0 Å². The standard InChI is InChI=1S/C3H7Cl.Cl2HP/c1-3(2)4;1-3-2/h3H,1-2H3;3H. The number of hydrogen-bond acceptors (Lipinski definition) is 0. The first-order chi connectivity index (χ1) is 3.15. The van der Waals surface area contributed by atoms with Gasteiger partial charge in [-0.25, -0.2) is 0 Å². The Balaban J connectivity index is 0. The van der Waals surface area contributed by atoms with Crippen LogP contribution in [0.25, 0.3) is 0 Å². The van der Waals surface area contributed by atoms with Crippen LogP contribution in [0.15, 0.2) is 0 Å². The molecular weight excluding hydrogens is 173 g/mol. The lowest BCUT2D eigenvalue weighted by Gasteiger charge is -1.76. The van der Waals surface area contributed by atoms with Crippen molar-refractivity contribution in [1.82, 2.24) is 0 Å². The average molecular weight is 181 g/mol. The lowest BCUT2D eigenvalue weighted by molar-refractivity contribution is 1.10. The lowest BCUT2D eigenvalue weighted by atomic mass is 10.6. The van der Waals surface area contributed by atoms with Gasteiger partial charge in [-0.15, -0.1) is 11.6 Å². The zero-order chi connectivity index (χ0) is 6.28. The average Bonchev–Trinajstić information content (AvgIpc) is 1.33. The highest BCUT2D eigenvalue weighted by atomic mass is 35.9. The van der Waals surface area contributed by atoms with E-state index in [1.165, 1.54) is 0 Å². The van der Waals surface area contributed by atoms with E-state index in [1.54, 1.807) is 0 Å². The van der Waals surface area contributed by atoms with Crippen LogP contribution in [0.1, 0.15) is 13.8 Å².